The number of ether oxygens (including phenoxy) is 1. The second kappa shape index (κ2) is 8.75. The Morgan fingerprint density at radius 1 is 1.06 bits per heavy atom. The molecular weight excluding hydrogens is 409 g/mol. The summed E-state index contributed by atoms with van der Waals surface area (Å²) in [6, 6.07) is 4.41. The number of hydrogen-bond donors (Lipinski definition) is 1. The summed E-state index contributed by atoms with van der Waals surface area (Å²) in [5.41, 5.74) is 3.01. The van der Waals surface area contributed by atoms with Gasteiger partial charge >= 0.3 is 0 Å². The average Bonchev–Trinajstić information content (AvgIpc) is 3.21. The molecular formula is C24H30FN5O2. The van der Waals surface area contributed by atoms with Crippen molar-refractivity contribution in [2.45, 2.75) is 58.5 Å². The molecule has 32 heavy (non-hydrogen) atoms. The van der Waals surface area contributed by atoms with Gasteiger partial charge in [-0.2, -0.15) is 4.98 Å². The van der Waals surface area contributed by atoms with Crippen LogP contribution in [0.3, 0.4) is 0 Å². The van der Waals surface area contributed by atoms with Crippen molar-refractivity contribution in [2.75, 3.05) is 31.2 Å². The lowest BCUT2D eigenvalue weighted by atomic mass is 9.98. The molecule has 5 rings (SSSR count). The molecule has 4 heterocycles. The Balaban J connectivity index is 1.47. The molecule has 7 nitrogen and oxygen atoms in total. The molecule has 1 aromatic carbocycles. The summed E-state index contributed by atoms with van der Waals surface area (Å²) in [6.45, 7) is 8.99. The van der Waals surface area contributed by atoms with Crippen LogP contribution in [0.5, 0.6) is 0 Å². The van der Waals surface area contributed by atoms with E-state index in [0.29, 0.717) is 29.3 Å². The van der Waals surface area contributed by atoms with Crippen LogP contribution >= 0.6 is 0 Å². The van der Waals surface area contributed by atoms with E-state index in [9.17, 15) is 4.39 Å². The van der Waals surface area contributed by atoms with E-state index in [2.05, 4.69) is 20.4 Å². The fourth-order valence-corrected chi connectivity index (χ4v) is 4.96. The Bertz CT molecular complexity index is 1120. The first-order valence-corrected chi connectivity index (χ1v) is 11.5. The van der Waals surface area contributed by atoms with Crippen LogP contribution in [0.25, 0.3) is 22.3 Å². The zero-order valence-corrected chi connectivity index (χ0v) is 18.9. The third-order valence-corrected chi connectivity index (χ3v) is 6.61. The van der Waals surface area contributed by atoms with Gasteiger partial charge in [0.25, 0.3) is 0 Å². The first-order valence-electron chi connectivity index (χ1n) is 11.5. The van der Waals surface area contributed by atoms with Crippen LogP contribution in [0.2, 0.25) is 0 Å². The predicted octanol–water partition coefficient (Wildman–Crippen LogP) is 4.09. The van der Waals surface area contributed by atoms with Gasteiger partial charge in [-0.25, -0.2) is 9.37 Å². The Labute approximate surface area is 187 Å². The van der Waals surface area contributed by atoms with Gasteiger partial charge in [-0.1, -0.05) is 5.16 Å². The number of pyridine rings is 1. The highest BCUT2D eigenvalue weighted by atomic mass is 19.1. The lowest BCUT2D eigenvalue weighted by Crippen LogP contribution is -2.48. The van der Waals surface area contributed by atoms with E-state index in [0.717, 1.165) is 73.5 Å². The van der Waals surface area contributed by atoms with Crippen molar-refractivity contribution in [2.24, 2.45) is 0 Å². The molecule has 8 heteroatoms. The topological polar surface area (TPSA) is 76.3 Å². The second-order valence-corrected chi connectivity index (χ2v) is 9.06. The Morgan fingerprint density at radius 3 is 2.56 bits per heavy atom. The molecule has 0 radical (unpaired) electrons. The predicted molar refractivity (Wildman–Crippen MR) is 121 cm³/mol. The van der Waals surface area contributed by atoms with E-state index < -0.39 is 0 Å². The number of aromatic nitrogens is 3. The van der Waals surface area contributed by atoms with Gasteiger partial charge < -0.3 is 19.5 Å². The number of halogens is 1. The van der Waals surface area contributed by atoms with Gasteiger partial charge in [0.05, 0.1) is 12.2 Å². The third kappa shape index (κ3) is 4.09. The minimum Gasteiger partial charge on any atom is -0.380 e. The van der Waals surface area contributed by atoms with E-state index in [1.54, 1.807) is 13.0 Å². The SMILES string of the molecule is Cc1cc(F)c2nc(N3CCC(N[C@H]4CCCOC4)CC3)c(-c3noc(C)n3)c(C)c2c1. The van der Waals surface area contributed by atoms with Crippen molar-refractivity contribution in [3.05, 3.63) is 35.0 Å². The first kappa shape index (κ1) is 21.3. The number of fused-ring (bicyclic) bond motifs is 1. The summed E-state index contributed by atoms with van der Waals surface area (Å²) in [6.07, 6.45) is 4.29. The number of piperidine rings is 1. The molecule has 1 N–H and O–H groups in total. The number of benzene rings is 1. The minimum atomic E-state index is -0.297. The highest BCUT2D eigenvalue weighted by Gasteiger charge is 2.28. The Hall–Kier alpha value is -2.58. The lowest BCUT2D eigenvalue weighted by Gasteiger charge is -2.37. The molecule has 0 spiro atoms. The van der Waals surface area contributed by atoms with Gasteiger partial charge in [-0.3, -0.25) is 0 Å². The summed E-state index contributed by atoms with van der Waals surface area (Å²) in [4.78, 5) is 11.5. The maximum atomic E-state index is 14.9. The molecule has 2 aromatic heterocycles. The van der Waals surface area contributed by atoms with Gasteiger partial charge in [-0.05, 0) is 62.8 Å². The standard InChI is InChI=1S/C24H30FN5O2/c1-14-11-19-15(2)21(23-26-16(3)32-29-23)24(28-22(19)20(25)12-14)30-8-6-17(7-9-30)27-18-5-4-10-31-13-18/h11-12,17-18,27H,4-10,13H2,1-3H3/t18-/m0/s1. The lowest BCUT2D eigenvalue weighted by molar-refractivity contribution is 0.0650. The zero-order chi connectivity index (χ0) is 22.2. The zero-order valence-electron chi connectivity index (χ0n) is 18.9. The van der Waals surface area contributed by atoms with Crippen molar-refractivity contribution in [1.82, 2.24) is 20.4 Å². The Morgan fingerprint density at radius 2 is 1.88 bits per heavy atom. The van der Waals surface area contributed by atoms with E-state index in [-0.39, 0.29) is 5.82 Å². The number of aryl methyl sites for hydroxylation is 3. The van der Waals surface area contributed by atoms with Gasteiger partial charge in [-0.15, -0.1) is 0 Å². The third-order valence-electron chi connectivity index (χ3n) is 6.61. The highest BCUT2D eigenvalue weighted by Crippen LogP contribution is 2.37. The van der Waals surface area contributed by atoms with Gasteiger partial charge in [0.2, 0.25) is 11.7 Å². The number of nitrogens with one attached hydrogen (secondary N) is 1. The van der Waals surface area contributed by atoms with Crippen LogP contribution < -0.4 is 10.2 Å². The van der Waals surface area contributed by atoms with Crippen LogP contribution in [0.4, 0.5) is 10.2 Å². The maximum absolute atomic E-state index is 14.9. The van der Waals surface area contributed by atoms with Gasteiger partial charge in [0.15, 0.2) is 0 Å². The molecule has 0 unspecified atom stereocenters. The molecule has 0 amide bonds. The maximum Gasteiger partial charge on any atom is 0.223 e. The molecule has 2 saturated heterocycles. The van der Waals surface area contributed by atoms with Crippen molar-refractivity contribution < 1.29 is 13.7 Å². The smallest absolute Gasteiger partial charge is 0.223 e. The molecule has 0 saturated carbocycles. The summed E-state index contributed by atoms with van der Waals surface area (Å²) in [5, 5.41) is 8.73. The minimum absolute atomic E-state index is 0.297. The Kier molecular flexibility index (Phi) is 5.82. The van der Waals surface area contributed by atoms with Crippen molar-refractivity contribution >= 4 is 16.7 Å². The molecule has 2 aliphatic rings. The molecule has 3 aromatic rings. The molecule has 2 fully saturated rings. The van der Waals surface area contributed by atoms with E-state index in [1.807, 2.05) is 19.9 Å². The van der Waals surface area contributed by atoms with Crippen LogP contribution in [-0.2, 0) is 4.74 Å². The average molecular weight is 440 g/mol. The quantitative estimate of drug-likeness (QED) is 0.656. The van der Waals surface area contributed by atoms with E-state index in [4.69, 9.17) is 14.2 Å². The monoisotopic (exact) mass is 439 g/mol. The summed E-state index contributed by atoms with van der Waals surface area (Å²) >= 11 is 0. The molecule has 1 atom stereocenters. The van der Waals surface area contributed by atoms with Crippen LogP contribution in [0, 0.1) is 26.6 Å². The first-order chi connectivity index (χ1) is 15.5. The van der Waals surface area contributed by atoms with Crippen LogP contribution in [0.1, 0.15) is 42.7 Å². The number of rotatable bonds is 4. The normalized spacial score (nSPS) is 20.2. The number of hydrogen-bond acceptors (Lipinski definition) is 7. The number of anilines is 1. The van der Waals surface area contributed by atoms with Crippen LogP contribution in [0.15, 0.2) is 16.7 Å². The molecule has 0 aliphatic carbocycles. The van der Waals surface area contributed by atoms with Crippen molar-refractivity contribution in [1.29, 1.82) is 0 Å². The molecule has 170 valence electrons. The number of nitrogens with zero attached hydrogens (tertiary/aromatic N) is 4. The summed E-state index contributed by atoms with van der Waals surface area (Å²) in [5.74, 6) is 1.44. The van der Waals surface area contributed by atoms with E-state index in [1.165, 1.54) is 6.42 Å². The van der Waals surface area contributed by atoms with E-state index >= 15 is 0 Å². The highest BCUT2D eigenvalue weighted by molar-refractivity contribution is 5.93. The van der Waals surface area contributed by atoms with Gasteiger partial charge in [0, 0.05) is 44.1 Å². The second-order valence-electron chi connectivity index (χ2n) is 9.06. The fourth-order valence-electron chi connectivity index (χ4n) is 4.96. The van der Waals surface area contributed by atoms with Crippen LogP contribution in [-0.4, -0.2) is 53.5 Å². The fraction of sp³-hybridized carbons (Fsp3) is 0.542. The van der Waals surface area contributed by atoms with Crippen molar-refractivity contribution in [3.8, 4) is 11.4 Å². The van der Waals surface area contributed by atoms with Gasteiger partial charge in [0.1, 0.15) is 17.2 Å². The van der Waals surface area contributed by atoms with Crippen molar-refractivity contribution in [3.63, 3.8) is 0 Å². The largest absolute Gasteiger partial charge is 0.380 e. The summed E-state index contributed by atoms with van der Waals surface area (Å²) < 4.78 is 25.8. The molecule has 0 bridgehead atoms. The molecule has 2 aliphatic heterocycles. The summed E-state index contributed by atoms with van der Waals surface area (Å²) in [7, 11) is 0.